The summed E-state index contributed by atoms with van der Waals surface area (Å²) in [7, 11) is 0. The lowest BCUT2D eigenvalue weighted by molar-refractivity contribution is -0.145. The third-order valence-electron chi connectivity index (χ3n) is 3.32. The Morgan fingerprint density at radius 3 is 2.71 bits per heavy atom. The zero-order valence-electron chi connectivity index (χ0n) is 11.9. The normalized spacial score (nSPS) is 11.0. The van der Waals surface area contributed by atoms with Gasteiger partial charge in [-0.2, -0.15) is 0 Å². The van der Waals surface area contributed by atoms with Crippen molar-refractivity contribution in [3.8, 4) is 0 Å². The fourth-order valence-corrected chi connectivity index (χ4v) is 2.27. The average molecular weight is 292 g/mol. The molecule has 112 valence electrons. The van der Waals surface area contributed by atoms with E-state index in [1.54, 1.807) is 26.1 Å². The van der Waals surface area contributed by atoms with E-state index < -0.39 is 5.97 Å². The van der Waals surface area contributed by atoms with Crippen LogP contribution in [0.2, 0.25) is 0 Å². The summed E-state index contributed by atoms with van der Waals surface area (Å²) in [6.07, 6.45) is 1.73. The Hall–Kier alpha value is -2.37. The third kappa shape index (κ3) is 3.39. The number of nitrogens with one attached hydrogen (secondary N) is 1. The number of nitrogens with zero attached hydrogens (tertiary/aromatic N) is 1. The molecular weight excluding hydrogens is 275 g/mol. The molecule has 0 radical (unpaired) electrons. The molecule has 1 aromatic carbocycles. The number of hydrogen-bond acceptors (Lipinski definition) is 2. The number of halogens is 1. The number of carbonyl (C=O) groups is 2. The first-order valence-corrected chi connectivity index (χ1v) is 6.65. The van der Waals surface area contributed by atoms with Crippen molar-refractivity contribution in [2.45, 2.75) is 26.3 Å². The van der Waals surface area contributed by atoms with Gasteiger partial charge >= 0.3 is 5.97 Å². The topological polar surface area (TPSA) is 73.4 Å². The van der Waals surface area contributed by atoms with Crippen molar-refractivity contribution >= 4 is 22.8 Å². The molecule has 2 rings (SSSR count). The quantitative estimate of drug-likeness (QED) is 0.887. The van der Waals surface area contributed by atoms with Gasteiger partial charge in [-0.25, -0.2) is 4.39 Å². The molecule has 2 N–H and O–H groups in total. The van der Waals surface area contributed by atoms with Gasteiger partial charge in [-0.15, -0.1) is 0 Å². The predicted octanol–water partition coefficient (Wildman–Crippen LogP) is 2.17. The number of carboxylic acid groups (broad SMARTS) is 1. The van der Waals surface area contributed by atoms with E-state index in [1.807, 2.05) is 0 Å². The van der Waals surface area contributed by atoms with Crippen LogP contribution in [-0.4, -0.2) is 39.5 Å². The van der Waals surface area contributed by atoms with Gasteiger partial charge in [0.2, 0.25) is 5.91 Å². The summed E-state index contributed by atoms with van der Waals surface area (Å²) >= 11 is 0. The molecule has 1 heterocycles. The number of amides is 1. The summed E-state index contributed by atoms with van der Waals surface area (Å²) in [6, 6.07) is 4.11. The highest BCUT2D eigenvalue weighted by atomic mass is 19.1. The fourth-order valence-electron chi connectivity index (χ4n) is 2.27. The molecule has 5 nitrogen and oxygen atoms in total. The summed E-state index contributed by atoms with van der Waals surface area (Å²) in [5.74, 6) is -1.66. The van der Waals surface area contributed by atoms with E-state index in [-0.39, 0.29) is 30.7 Å². The number of benzene rings is 1. The summed E-state index contributed by atoms with van der Waals surface area (Å²) < 4.78 is 13.1. The minimum atomic E-state index is -1.04. The molecular formula is C15H17FN2O3. The van der Waals surface area contributed by atoms with Crippen LogP contribution in [0.3, 0.4) is 0 Å². The van der Waals surface area contributed by atoms with E-state index in [4.69, 9.17) is 5.11 Å². The van der Waals surface area contributed by atoms with Gasteiger partial charge in [0.15, 0.2) is 0 Å². The highest BCUT2D eigenvalue weighted by Crippen LogP contribution is 2.20. The van der Waals surface area contributed by atoms with Crippen LogP contribution in [0, 0.1) is 5.82 Å². The number of fused-ring (bicyclic) bond motifs is 1. The van der Waals surface area contributed by atoms with Crippen LogP contribution in [0.25, 0.3) is 10.9 Å². The summed E-state index contributed by atoms with van der Waals surface area (Å²) in [5.41, 5.74) is 1.35. The lowest BCUT2D eigenvalue weighted by Gasteiger charge is -2.24. The SMILES string of the molecule is CC(C)N(CC(=O)O)C(=O)Cc1c[nH]c2cc(F)ccc12. The summed E-state index contributed by atoms with van der Waals surface area (Å²) in [4.78, 5) is 27.3. The number of aromatic nitrogens is 1. The smallest absolute Gasteiger partial charge is 0.323 e. The molecule has 1 aromatic heterocycles. The second-order valence-corrected chi connectivity index (χ2v) is 5.19. The number of carbonyl (C=O) groups excluding carboxylic acids is 1. The zero-order chi connectivity index (χ0) is 15.6. The lowest BCUT2D eigenvalue weighted by Crippen LogP contribution is -2.41. The minimum absolute atomic E-state index is 0.0804. The predicted molar refractivity (Wildman–Crippen MR) is 76.4 cm³/mol. The monoisotopic (exact) mass is 292 g/mol. The van der Waals surface area contributed by atoms with Crippen molar-refractivity contribution in [3.05, 3.63) is 35.8 Å². The molecule has 0 aliphatic rings. The standard InChI is InChI=1S/C15H17FN2O3/c1-9(2)18(8-15(20)21)14(19)5-10-7-17-13-6-11(16)3-4-12(10)13/h3-4,6-7,9,17H,5,8H2,1-2H3,(H,20,21). The molecule has 6 heteroatoms. The van der Waals surface area contributed by atoms with Crippen molar-refractivity contribution in [3.63, 3.8) is 0 Å². The number of hydrogen-bond donors (Lipinski definition) is 2. The maximum Gasteiger partial charge on any atom is 0.323 e. The molecule has 0 saturated heterocycles. The lowest BCUT2D eigenvalue weighted by atomic mass is 10.1. The number of aliphatic carboxylic acids is 1. The van der Waals surface area contributed by atoms with E-state index in [9.17, 15) is 14.0 Å². The molecule has 0 bridgehead atoms. The van der Waals surface area contributed by atoms with Crippen LogP contribution in [0.4, 0.5) is 4.39 Å². The molecule has 0 fully saturated rings. The molecule has 0 aliphatic carbocycles. The second kappa shape index (κ2) is 5.95. The largest absolute Gasteiger partial charge is 0.480 e. The number of rotatable bonds is 5. The summed E-state index contributed by atoms with van der Waals surface area (Å²) in [6.45, 7) is 3.21. The van der Waals surface area contributed by atoms with Crippen molar-refractivity contribution in [2.75, 3.05) is 6.54 Å². The van der Waals surface area contributed by atoms with Crippen molar-refractivity contribution in [2.24, 2.45) is 0 Å². The Morgan fingerprint density at radius 1 is 1.38 bits per heavy atom. The molecule has 0 atom stereocenters. The van der Waals surface area contributed by atoms with Gasteiger partial charge in [0.1, 0.15) is 12.4 Å². The van der Waals surface area contributed by atoms with Crippen molar-refractivity contribution in [1.29, 1.82) is 0 Å². The van der Waals surface area contributed by atoms with Crippen LogP contribution >= 0.6 is 0 Å². The van der Waals surface area contributed by atoms with E-state index >= 15 is 0 Å². The van der Waals surface area contributed by atoms with Crippen LogP contribution in [0.5, 0.6) is 0 Å². The van der Waals surface area contributed by atoms with Crippen LogP contribution in [0.15, 0.2) is 24.4 Å². The van der Waals surface area contributed by atoms with Gasteiger partial charge in [-0.3, -0.25) is 9.59 Å². The highest BCUT2D eigenvalue weighted by Gasteiger charge is 2.21. The number of H-pyrrole nitrogens is 1. The first-order valence-electron chi connectivity index (χ1n) is 6.65. The Labute approximate surface area is 121 Å². The molecule has 0 spiro atoms. The van der Waals surface area contributed by atoms with Gasteiger partial charge in [0, 0.05) is 23.1 Å². The van der Waals surface area contributed by atoms with Crippen molar-refractivity contribution in [1.82, 2.24) is 9.88 Å². The van der Waals surface area contributed by atoms with Crippen molar-refractivity contribution < 1.29 is 19.1 Å². The van der Waals surface area contributed by atoms with E-state index in [0.717, 1.165) is 10.9 Å². The molecule has 21 heavy (non-hydrogen) atoms. The van der Waals surface area contributed by atoms with Gasteiger partial charge < -0.3 is 15.0 Å². The summed E-state index contributed by atoms with van der Waals surface area (Å²) in [5, 5.41) is 9.64. The molecule has 0 aliphatic heterocycles. The van der Waals surface area contributed by atoms with Crippen LogP contribution < -0.4 is 0 Å². The Balaban J connectivity index is 2.22. The Morgan fingerprint density at radius 2 is 2.10 bits per heavy atom. The second-order valence-electron chi connectivity index (χ2n) is 5.19. The van der Waals surface area contributed by atoms with Crippen LogP contribution in [-0.2, 0) is 16.0 Å². The van der Waals surface area contributed by atoms with Crippen LogP contribution in [0.1, 0.15) is 19.4 Å². The number of carboxylic acids is 1. The van der Waals surface area contributed by atoms with Gasteiger partial charge in [-0.1, -0.05) is 0 Å². The van der Waals surface area contributed by atoms with Gasteiger partial charge in [-0.05, 0) is 37.6 Å². The molecule has 0 unspecified atom stereocenters. The molecule has 2 aromatic rings. The highest BCUT2D eigenvalue weighted by molar-refractivity contribution is 5.90. The van der Waals surface area contributed by atoms with E-state index in [1.165, 1.54) is 17.0 Å². The number of aromatic amines is 1. The fraction of sp³-hybridized carbons (Fsp3) is 0.333. The molecule has 1 amide bonds. The maximum atomic E-state index is 13.1. The van der Waals surface area contributed by atoms with E-state index in [0.29, 0.717) is 5.52 Å². The average Bonchev–Trinajstić information content (AvgIpc) is 2.77. The maximum absolute atomic E-state index is 13.1. The third-order valence-corrected chi connectivity index (χ3v) is 3.32. The van der Waals surface area contributed by atoms with E-state index in [2.05, 4.69) is 4.98 Å². The Kier molecular flexibility index (Phi) is 4.26. The van der Waals surface area contributed by atoms with Gasteiger partial charge in [0.05, 0.1) is 6.42 Å². The first kappa shape index (κ1) is 15.0. The van der Waals surface area contributed by atoms with Gasteiger partial charge in [0.25, 0.3) is 0 Å². The first-order chi connectivity index (χ1) is 9.88. The molecule has 0 saturated carbocycles. The Bertz CT molecular complexity index is 679. The zero-order valence-corrected chi connectivity index (χ0v) is 11.9. The minimum Gasteiger partial charge on any atom is -0.480 e.